The third kappa shape index (κ3) is 2.89. The molecular formula is C21H14F4N2O. The zero-order valence-electron chi connectivity index (χ0n) is 14.7. The third-order valence-electron chi connectivity index (χ3n) is 4.53. The Bertz CT molecular complexity index is 1190. The predicted molar refractivity (Wildman–Crippen MR) is 97.1 cm³/mol. The molecule has 0 bridgehead atoms. The second kappa shape index (κ2) is 6.99. The van der Waals surface area contributed by atoms with E-state index in [0.29, 0.717) is 16.8 Å². The number of para-hydroxylation sites is 1. The molecule has 3 nitrogen and oxygen atoms in total. The average molecular weight is 386 g/mol. The van der Waals surface area contributed by atoms with Gasteiger partial charge in [-0.3, -0.25) is 0 Å². The highest BCUT2D eigenvalue weighted by molar-refractivity contribution is 5.86. The van der Waals surface area contributed by atoms with Gasteiger partial charge in [0, 0.05) is 5.56 Å². The molecule has 0 N–H and O–H groups in total. The number of nitrogens with zero attached hydrogens (tertiary/aromatic N) is 2. The molecule has 0 radical (unpaired) electrons. The van der Waals surface area contributed by atoms with Crippen molar-refractivity contribution < 1.29 is 22.3 Å². The molecule has 1 heterocycles. The SMILES string of the molecule is COc1cccc2c1nc(-c1ccccc1F)n2Cc1c(F)ccc(F)c1F. The Balaban J connectivity index is 2.01. The lowest BCUT2D eigenvalue weighted by Gasteiger charge is -2.12. The van der Waals surface area contributed by atoms with Crippen LogP contribution < -0.4 is 4.74 Å². The number of halogens is 4. The number of rotatable bonds is 4. The summed E-state index contributed by atoms with van der Waals surface area (Å²) in [6.45, 7) is -0.372. The molecule has 0 aliphatic carbocycles. The number of aromatic nitrogens is 2. The molecule has 0 amide bonds. The summed E-state index contributed by atoms with van der Waals surface area (Å²) in [4.78, 5) is 4.45. The van der Waals surface area contributed by atoms with E-state index in [4.69, 9.17) is 4.74 Å². The fraction of sp³-hybridized carbons (Fsp3) is 0.0952. The zero-order valence-corrected chi connectivity index (χ0v) is 14.7. The van der Waals surface area contributed by atoms with Crippen molar-refractivity contribution in [3.63, 3.8) is 0 Å². The number of imidazole rings is 1. The van der Waals surface area contributed by atoms with Gasteiger partial charge in [-0.15, -0.1) is 0 Å². The standard InChI is InChI=1S/C21H14F4N2O/c1-28-18-8-4-7-17-20(18)26-21(12-5-2-3-6-14(12)22)27(17)11-13-15(23)9-10-16(24)19(13)25/h2-10H,11H2,1H3. The number of hydrogen-bond acceptors (Lipinski definition) is 2. The molecule has 0 atom stereocenters. The Morgan fingerprint density at radius 1 is 0.857 bits per heavy atom. The lowest BCUT2D eigenvalue weighted by molar-refractivity contribution is 0.419. The molecule has 0 spiro atoms. The normalized spacial score (nSPS) is 11.2. The molecule has 0 saturated heterocycles. The Morgan fingerprint density at radius 2 is 1.61 bits per heavy atom. The van der Waals surface area contributed by atoms with E-state index in [-0.39, 0.29) is 17.9 Å². The number of fused-ring (bicyclic) bond motifs is 1. The van der Waals surface area contributed by atoms with E-state index in [1.807, 2.05) is 0 Å². The molecule has 0 unspecified atom stereocenters. The largest absolute Gasteiger partial charge is 0.494 e. The molecule has 4 rings (SSSR count). The van der Waals surface area contributed by atoms with Gasteiger partial charge in [-0.1, -0.05) is 18.2 Å². The van der Waals surface area contributed by atoms with Gasteiger partial charge in [-0.05, 0) is 36.4 Å². The van der Waals surface area contributed by atoms with E-state index in [9.17, 15) is 17.6 Å². The van der Waals surface area contributed by atoms with Gasteiger partial charge in [0.1, 0.15) is 28.7 Å². The van der Waals surface area contributed by atoms with Crippen molar-refractivity contribution in [2.45, 2.75) is 6.54 Å². The van der Waals surface area contributed by atoms with Gasteiger partial charge in [0.2, 0.25) is 0 Å². The quantitative estimate of drug-likeness (QED) is 0.351. The van der Waals surface area contributed by atoms with Crippen LogP contribution in [0.3, 0.4) is 0 Å². The minimum atomic E-state index is -1.29. The Kier molecular flexibility index (Phi) is 4.50. The Hall–Kier alpha value is -3.35. The van der Waals surface area contributed by atoms with Gasteiger partial charge in [0.15, 0.2) is 11.6 Å². The minimum Gasteiger partial charge on any atom is -0.494 e. The molecule has 28 heavy (non-hydrogen) atoms. The van der Waals surface area contributed by atoms with Crippen LogP contribution in [0.4, 0.5) is 17.6 Å². The van der Waals surface area contributed by atoms with Gasteiger partial charge < -0.3 is 9.30 Å². The summed E-state index contributed by atoms with van der Waals surface area (Å²) in [7, 11) is 1.46. The van der Waals surface area contributed by atoms with E-state index < -0.39 is 28.8 Å². The number of hydrogen-bond donors (Lipinski definition) is 0. The maximum absolute atomic E-state index is 14.4. The van der Waals surface area contributed by atoms with Gasteiger partial charge >= 0.3 is 0 Å². The van der Waals surface area contributed by atoms with Crippen molar-refractivity contribution in [3.05, 3.63) is 83.4 Å². The van der Waals surface area contributed by atoms with Crippen LogP contribution >= 0.6 is 0 Å². The first kappa shape index (κ1) is 18.0. The first-order valence-electron chi connectivity index (χ1n) is 8.41. The highest BCUT2D eigenvalue weighted by Gasteiger charge is 2.21. The van der Waals surface area contributed by atoms with Gasteiger partial charge in [-0.2, -0.15) is 0 Å². The molecule has 3 aromatic carbocycles. The molecule has 142 valence electrons. The van der Waals surface area contributed by atoms with Crippen molar-refractivity contribution in [3.8, 4) is 17.1 Å². The molecular weight excluding hydrogens is 372 g/mol. The maximum Gasteiger partial charge on any atom is 0.166 e. The first-order valence-corrected chi connectivity index (χ1v) is 8.41. The van der Waals surface area contributed by atoms with Crippen LogP contribution in [0.1, 0.15) is 5.56 Å². The Labute approximate surface area is 157 Å². The average Bonchev–Trinajstić information content (AvgIpc) is 3.07. The zero-order chi connectivity index (χ0) is 19.8. The smallest absolute Gasteiger partial charge is 0.166 e. The second-order valence-electron chi connectivity index (χ2n) is 6.15. The summed E-state index contributed by atoms with van der Waals surface area (Å²) < 4.78 is 63.3. The number of benzene rings is 3. The second-order valence-corrected chi connectivity index (χ2v) is 6.15. The summed E-state index contributed by atoms with van der Waals surface area (Å²) in [5, 5.41) is 0. The first-order chi connectivity index (χ1) is 13.5. The van der Waals surface area contributed by atoms with Crippen LogP contribution in [0.25, 0.3) is 22.4 Å². The van der Waals surface area contributed by atoms with Gasteiger partial charge in [0.05, 0.1) is 24.7 Å². The van der Waals surface area contributed by atoms with E-state index in [2.05, 4.69) is 4.98 Å². The summed E-state index contributed by atoms with van der Waals surface area (Å²) in [6, 6.07) is 12.5. The van der Waals surface area contributed by atoms with Crippen molar-refractivity contribution in [2.24, 2.45) is 0 Å². The van der Waals surface area contributed by atoms with E-state index in [1.165, 1.54) is 29.9 Å². The van der Waals surface area contributed by atoms with E-state index in [1.54, 1.807) is 24.3 Å². The third-order valence-corrected chi connectivity index (χ3v) is 4.53. The summed E-state index contributed by atoms with van der Waals surface area (Å²) in [5.74, 6) is -3.31. The lowest BCUT2D eigenvalue weighted by atomic mass is 10.1. The van der Waals surface area contributed by atoms with Crippen LogP contribution in [0.5, 0.6) is 5.75 Å². The molecule has 7 heteroatoms. The monoisotopic (exact) mass is 386 g/mol. The molecule has 0 saturated carbocycles. The van der Waals surface area contributed by atoms with Crippen LogP contribution in [0.2, 0.25) is 0 Å². The maximum atomic E-state index is 14.4. The topological polar surface area (TPSA) is 27.1 Å². The summed E-state index contributed by atoms with van der Waals surface area (Å²) in [6.07, 6.45) is 0. The minimum absolute atomic E-state index is 0.151. The van der Waals surface area contributed by atoms with E-state index >= 15 is 0 Å². The Morgan fingerprint density at radius 3 is 2.36 bits per heavy atom. The van der Waals surface area contributed by atoms with Crippen LogP contribution in [-0.4, -0.2) is 16.7 Å². The van der Waals surface area contributed by atoms with Gasteiger partial charge in [-0.25, -0.2) is 22.5 Å². The number of ether oxygens (including phenoxy) is 1. The highest BCUT2D eigenvalue weighted by Crippen LogP contribution is 2.33. The fourth-order valence-electron chi connectivity index (χ4n) is 3.17. The van der Waals surface area contributed by atoms with Gasteiger partial charge in [0.25, 0.3) is 0 Å². The molecule has 1 aromatic heterocycles. The molecule has 0 aliphatic rings. The summed E-state index contributed by atoms with van der Waals surface area (Å²) in [5.41, 5.74) is 0.554. The predicted octanol–water partition coefficient (Wildman–Crippen LogP) is 5.32. The van der Waals surface area contributed by atoms with Crippen LogP contribution in [0, 0.1) is 23.3 Å². The highest BCUT2D eigenvalue weighted by atomic mass is 19.2. The van der Waals surface area contributed by atoms with Crippen LogP contribution in [-0.2, 0) is 6.54 Å². The van der Waals surface area contributed by atoms with Crippen molar-refractivity contribution >= 4 is 11.0 Å². The van der Waals surface area contributed by atoms with Crippen molar-refractivity contribution in [1.29, 1.82) is 0 Å². The fourth-order valence-corrected chi connectivity index (χ4v) is 3.17. The lowest BCUT2D eigenvalue weighted by Crippen LogP contribution is -2.08. The van der Waals surface area contributed by atoms with Crippen LogP contribution in [0.15, 0.2) is 54.6 Å². The van der Waals surface area contributed by atoms with E-state index in [0.717, 1.165) is 12.1 Å². The van der Waals surface area contributed by atoms with Crippen molar-refractivity contribution in [2.75, 3.05) is 7.11 Å². The molecule has 4 aromatic rings. The molecule has 0 aliphatic heterocycles. The summed E-state index contributed by atoms with van der Waals surface area (Å²) >= 11 is 0. The van der Waals surface area contributed by atoms with Crippen molar-refractivity contribution in [1.82, 2.24) is 9.55 Å². The number of methoxy groups -OCH3 is 1. The molecule has 0 fully saturated rings.